The zero-order valence-electron chi connectivity index (χ0n) is 11.0. The summed E-state index contributed by atoms with van der Waals surface area (Å²) < 4.78 is 11.7. The van der Waals surface area contributed by atoms with Gasteiger partial charge in [0.2, 0.25) is 0 Å². The van der Waals surface area contributed by atoms with Crippen molar-refractivity contribution >= 4 is 10.2 Å². The lowest BCUT2D eigenvalue weighted by molar-refractivity contribution is -0.119. The summed E-state index contributed by atoms with van der Waals surface area (Å²) in [5.74, 6) is 0. The fourth-order valence-corrected chi connectivity index (χ4v) is 1.50. The third kappa shape index (κ3) is 10.4. The Morgan fingerprint density at radius 2 is 1.53 bits per heavy atom. The molecule has 0 aromatic heterocycles. The molecule has 0 spiro atoms. The second kappa shape index (κ2) is 6.02. The summed E-state index contributed by atoms with van der Waals surface area (Å²) in [7, 11) is 3.49. The first kappa shape index (κ1) is 15.1. The van der Waals surface area contributed by atoms with Crippen LogP contribution < -0.4 is 0 Å². The Balaban J connectivity index is 4.05. The van der Waals surface area contributed by atoms with Gasteiger partial charge in [0, 0.05) is 10.2 Å². The van der Waals surface area contributed by atoms with E-state index < -0.39 is 0 Å². The molecule has 0 aliphatic heterocycles. The SMILES string of the molecule is CC(C)(C)OCC(CC[Si])OC(C)(C)C. The Kier molecular flexibility index (Phi) is 6.07. The highest BCUT2D eigenvalue weighted by Gasteiger charge is 2.20. The molecule has 0 N–H and O–H groups in total. The summed E-state index contributed by atoms with van der Waals surface area (Å²) >= 11 is 0. The lowest BCUT2D eigenvalue weighted by atomic mass is 10.1. The average Bonchev–Trinajstić information content (AvgIpc) is 1.96. The van der Waals surface area contributed by atoms with Gasteiger partial charge >= 0.3 is 0 Å². The lowest BCUT2D eigenvalue weighted by Crippen LogP contribution is -2.33. The van der Waals surface area contributed by atoms with Crippen LogP contribution in [0.2, 0.25) is 6.04 Å². The molecule has 0 aliphatic rings. The summed E-state index contributed by atoms with van der Waals surface area (Å²) in [6, 6.07) is 0.939. The van der Waals surface area contributed by atoms with Crippen molar-refractivity contribution < 1.29 is 9.47 Å². The predicted octanol–water partition coefficient (Wildman–Crippen LogP) is 2.96. The molecule has 0 heterocycles. The Labute approximate surface area is 98.2 Å². The summed E-state index contributed by atoms with van der Waals surface area (Å²) in [4.78, 5) is 0. The highest BCUT2D eigenvalue weighted by atomic mass is 28.1. The van der Waals surface area contributed by atoms with E-state index in [1.165, 1.54) is 0 Å². The Morgan fingerprint density at radius 3 is 1.87 bits per heavy atom. The number of hydrogen-bond acceptors (Lipinski definition) is 2. The lowest BCUT2D eigenvalue weighted by Gasteiger charge is -2.30. The molecule has 0 aromatic rings. The molecule has 1 atom stereocenters. The zero-order valence-corrected chi connectivity index (χ0v) is 12.0. The van der Waals surface area contributed by atoms with Crippen LogP contribution in [0.4, 0.5) is 0 Å². The van der Waals surface area contributed by atoms with E-state index in [-0.39, 0.29) is 17.3 Å². The maximum atomic E-state index is 5.92. The highest BCUT2D eigenvalue weighted by Crippen LogP contribution is 2.17. The molecular formula is C12H25O2Si. The molecule has 0 fully saturated rings. The molecule has 0 saturated carbocycles. The van der Waals surface area contributed by atoms with E-state index in [4.69, 9.17) is 9.47 Å². The van der Waals surface area contributed by atoms with E-state index >= 15 is 0 Å². The molecule has 0 amide bonds. The predicted molar refractivity (Wildman–Crippen MR) is 65.5 cm³/mol. The monoisotopic (exact) mass is 229 g/mol. The maximum absolute atomic E-state index is 5.92. The average molecular weight is 229 g/mol. The van der Waals surface area contributed by atoms with Gasteiger partial charge in [-0.25, -0.2) is 0 Å². The minimum absolute atomic E-state index is 0.0920. The maximum Gasteiger partial charge on any atom is 0.0813 e. The standard InChI is InChI=1S/C12H25O2Si/c1-11(2,3)13-9-10(7-8-15)14-12(4,5)6/h10H,7-9H2,1-6H3. The topological polar surface area (TPSA) is 18.5 Å². The van der Waals surface area contributed by atoms with E-state index in [0.29, 0.717) is 6.61 Å². The summed E-state index contributed by atoms with van der Waals surface area (Å²) in [6.07, 6.45) is 1.14. The largest absolute Gasteiger partial charge is 0.373 e. The molecule has 0 saturated heterocycles. The van der Waals surface area contributed by atoms with Crippen molar-refractivity contribution in [2.45, 2.75) is 71.3 Å². The third-order valence-electron chi connectivity index (χ3n) is 1.69. The van der Waals surface area contributed by atoms with Crippen molar-refractivity contribution in [2.24, 2.45) is 0 Å². The van der Waals surface area contributed by atoms with Crippen LogP contribution in [0.25, 0.3) is 0 Å². The van der Waals surface area contributed by atoms with Crippen molar-refractivity contribution in [3.8, 4) is 0 Å². The van der Waals surface area contributed by atoms with Gasteiger partial charge in [-0.2, -0.15) is 0 Å². The van der Waals surface area contributed by atoms with E-state index in [9.17, 15) is 0 Å². The third-order valence-corrected chi connectivity index (χ3v) is 1.98. The van der Waals surface area contributed by atoms with Gasteiger partial charge in [0.15, 0.2) is 0 Å². The van der Waals surface area contributed by atoms with E-state index in [2.05, 4.69) is 51.8 Å². The molecule has 0 rings (SSSR count). The van der Waals surface area contributed by atoms with E-state index in [0.717, 1.165) is 12.5 Å². The molecule has 0 aliphatic carbocycles. The normalized spacial score (nSPS) is 15.4. The Bertz CT molecular complexity index is 167. The van der Waals surface area contributed by atoms with Crippen molar-refractivity contribution in [2.75, 3.05) is 6.61 Å². The van der Waals surface area contributed by atoms with Crippen LogP contribution >= 0.6 is 0 Å². The van der Waals surface area contributed by atoms with Gasteiger partial charge < -0.3 is 9.47 Å². The van der Waals surface area contributed by atoms with Crippen LogP contribution in [-0.2, 0) is 9.47 Å². The van der Waals surface area contributed by atoms with Gasteiger partial charge in [-0.3, -0.25) is 0 Å². The quantitative estimate of drug-likeness (QED) is 0.675. The molecule has 1 unspecified atom stereocenters. The highest BCUT2D eigenvalue weighted by molar-refractivity contribution is 6.08. The van der Waals surface area contributed by atoms with Crippen molar-refractivity contribution in [3.05, 3.63) is 0 Å². The van der Waals surface area contributed by atoms with Gasteiger partial charge in [-0.1, -0.05) is 6.04 Å². The number of ether oxygens (including phenoxy) is 2. The molecule has 2 nitrogen and oxygen atoms in total. The van der Waals surface area contributed by atoms with E-state index in [1.54, 1.807) is 0 Å². The van der Waals surface area contributed by atoms with Gasteiger partial charge in [0.05, 0.1) is 23.9 Å². The first-order chi connectivity index (χ1) is 6.64. The summed E-state index contributed by atoms with van der Waals surface area (Å²) in [6.45, 7) is 13.1. The van der Waals surface area contributed by atoms with Crippen molar-refractivity contribution in [1.29, 1.82) is 0 Å². The van der Waals surface area contributed by atoms with Crippen LogP contribution in [0.3, 0.4) is 0 Å². The fourth-order valence-electron chi connectivity index (χ4n) is 1.18. The number of hydrogen-bond donors (Lipinski definition) is 0. The Hall–Kier alpha value is 0.137. The molecule has 3 heteroatoms. The van der Waals surface area contributed by atoms with Crippen LogP contribution in [0, 0.1) is 0 Å². The number of rotatable bonds is 5. The van der Waals surface area contributed by atoms with Gasteiger partial charge in [-0.05, 0) is 48.0 Å². The zero-order chi connectivity index (χ0) is 12.1. The molecule has 0 aromatic carbocycles. The molecule has 0 bridgehead atoms. The van der Waals surface area contributed by atoms with Crippen LogP contribution in [0.1, 0.15) is 48.0 Å². The summed E-state index contributed by atoms with van der Waals surface area (Å²) in [5, 5.41) is 0. The van der Waals surface area contributed by atoms with Crippen molar-refractivity contribution in [1.82, 2.24) is 0 Å². The van der Waals surface area contributed by atoms with Gasteiger partial charge in [0.1, 0.15) is 0 Å². The van der Waals surface area contributed by atoms with E-state index in [1.807, 2.05) is 0 Å². The minimum atomic E-state index is -0.104. The second-order valence-corrected chi connectivity index (χ2v) is 6.31. The molecule has 89 valence electrons. The second-order valence-electron chi connectivity index (χ2n) is 5.81. The van der Waals surface area contributed by atoms with Gasteiger partial charge in [0.25, 0.3) is 0 Å². The minimum Gasteiger partial charge on any atom is -0.373 e. The molecule has 15 heavy (non-hydrogen) atoms. The van der Waals surface area contributed by atoms with Crippen LogP contribution in [-0.4, -0.2) is 34.2 Å². The van der Waals surface area contributed by atoms with Crippen LogP contribution in [0.15, 0.2) is 0 Å². The van der Waals surface area contributed by atoms with Crippen molar-refractivity contribution in [3.63, 3.8) is 0 Å². The smallest absolute Gasteiger partial charge is 0.0813 e. The first-order valence-corrected chi connectivity index (χ1v) is 6.31. The van der Waals surface area contributed by atoms with Crippen LogP contribution in [0.5, 0.6) is 0 Å². The fraction of sp³-hybridized carbons (Fsp3) is 1.00. The first-order valence-electron chi connectivity index (χ1n) is 5.60. The van der Waals surface area contributed by atoms with Gasteiger partial charge in [-0.15, -0.1) is 0 Å². The summed E-state index contributed by atoms with van der Waals surface area (Å²) in [5.41, 5.74) is -0.196. The molecular weight excluding hydrogens is 204 g/mol. The Morgan fingerprint density at radius 1 is 1.00 bits per heavy atom. The molecule has 3 radical (unpaired) electrons.